The lowest BCUT2D eigenvalue weighted by molar-refractivity contribution is -0.124. The molecular formula is C56H53NO6S4. The van der Waals surface area contributed by atoms with Crippen molar-refractivity contribution < 1.29 is 28.5 Å². The van der Waals surface area contributed by atoms with Gasteiger partial charge in [-0.1, -0.05) is 137 Å². The molecule has 2 aliphatic heterocycles. The number of benzene rings is 3. The fourth-order valence-corrected chi connectivity index (χ4v) is 13.7. The quantitative estimate of drug-likeness (QED) is 0.0247. The third kappa shape index (κ3) is 10.5. The van der Waals surface area contributed by atoms with Crippen molar-refractivity contribution in [3.8, 4) is 68.8 Å². The van der Waals surface area contributed by atoms with Gasteiger partial charge in [-0.25, -0.2) is 0 Å². The molecule has 6 heterocycles. The maximum atomic E-state index is 11.1. The summed E-state index contributed by atoms with van der Waals surface area (Å²) in [5.74, 6) is 2.42. The summed E-state index contributed by atoms with van der Waals surface area (Å²) in [6, 6.07) is 37.3. The van der Waals surface area contributed by atoms with E-state index >= 15 is 0 Å². The van der Waals surface area contributed by atoms with E-state index in [1.54, 1.807) is 11.3 Å². The number of rotatable bonds is 20. The Morgan fingerprint density at radius 1 is 0.582 bits per heavy atom. The Kier molecular flexibility index (Phi) is 15.4. The molecule has 4 aromatic heterocycles. The van der Waals surface area contributed by atoms with E-state index in [9.17, 15) is 10.1 Å². The van der Waals surface area contributed by atoms with Crippen molar-refractivity contribution in [1.82, 2.24) is 0 Å². The number of unbranched alkanes of at least 4 members (excludes halogenated alkanes) is 6. The minimum atomic E-state index is -0.128. The lowest BCUT2D eigenvalue weighted by Crippen LogP contribution is -2.15. The highest BCUT2D eigenvalue weighted by molar-refractivity contribution is 7.29. The van der Waals surface area contributed by atoms with Crippen LogP contribution in [0.1, 0.15) is 97.9 Å². The van der Waals surface area contributed by atoms with Crippen LogP contribution < -0.4 is 18.9 Å². The Morgan fingerprint density at radius 3 is 1.69 bits per heavy atom. The summed E-state index contributed by atoms with van der Waals surface area (Å²) < 4.78 is 30.2. The topological polar surface area (TPSA) is 87.0 Å². The molecule has 11 heteroatoms. The van der Waals surface area contributed by atoms with E-state index in [2.05, 4.69) is 117 Å². The summed E-state index contributed by atoms with van der Waals surface area (Å²) in [5.41, 5.74) is 8.81. The van der Waals surface area contributed by atoms with Gasteiger partial charge in [-0.05, 0) is 82.8 Å². The van der Waals surface area contributed by atoms with E-state index in [4.69, 9.17) is 23.7 Å². The zero-order valence-electron chi connectivity index (χ0n) is 37.9. The van der Waals surface area contributed by atoms with Gasteiger partial charge in [-0.15, -0.1) is 45.3 Å². The average Bonchev–Trinajstić information content (AvgIpc) is 4.17. The molecule has 7 nitrogen and oxygen atoms in total. The lowest BCUT2D eigenvalue weighted by Gasteiger charge is -2.18. The van der Waals surface area contributed by atoms with Crippen molar-refractivity contribution in [2.45, 2.75) is 78.1 Å². The van der Waals surface area contributed by atoms with Crippen molar-refractivity contribution in [1.29, 1.82) is 5.26 Å². The minimum Gasteiger partial charge on any atom is -0.485 e. The molecule has 0 aliphatic carbocycles. The van der Waals surface area contributed by atoms with Crippen molar-refractivity contribution in [2.24, 2.45) is 0 Å². The Bertz CT molecular complexity index is 2850. The SMILES string of the molecule is CCCCCCc1cc(-c2sc(-c3sc(-c4sc(C=C(C#N)OC=O)c5c4OCCO5)c4c3OCCO4)cc2CCCCCC)sc1-c1ccc(C=C(c2ccccc2)c2ccccc2)cc1. The van der Waals surface area contributed by atoms with Gasteiger partial charge in [0.05, 0.1) is 19.5 Å². The second-order valence-electron chi connectivity index (χ2n) is 16.6. The van der Waals surface area contributed by atoms with Gasteiger partial charge in [0, 0.05) is 25.6 Å². The molecule has 0 fully saturated rings. The van der Waals surface area contributed by atoms with Gasteiger partial charge in [-0.2, -0.15) is 5.26 Å². The first-order valence-corrected chi connectivity index (χ1v) is 26.6. The Morgan fingerprint density at radius 2 is 1.10 bits per heavy atom. The predicted octanol–water partition coefficient (Wildman–Crippen LogP) is 16.0. The minimum absolute atomic E-state index is 0.128. The van der Waals surface area contributed by atoms with E-state index < -0.39 is 0 Å². The van der Waals surface area contributed by atoms with E-state index in [0.29, 0.717) is 48.6 Å². The molecule has 2 aliphatic rings. The smallest absolute Gasteiger partial charge is 0.299 e. The van der Waals surface area contributed by atoms with Crippen LogP contribution in [0, 0.1) is 11.3 Å². The van der Waals surface area contributed by atoms with Gasteiger partial charge in [0.2, 0.25) is 5.76 Å². The van der Waals surface area contributed by atoms with Crippen LogP contribution in [0.2, 0.25) is 0 Å². The molecule has 67 heavy (non-hydrogen) atoms. The molecule has 0 radical (unpaired) electrons. The molecule has 0 saturated carbocycles. The number of allylic oxidation sites excluding steroid dienone is 1. The number of carbonyl (C=O) groups is 1. The van der Waals surface area contributed by atoms with Crippen molar-refractivity contribution >= 4 is 69.5 Å². The largest absolute Gasteiger partial charge is 0.485 e. The number of nitrogens with zero attached hydrogens (tertiary/aromatic N) is 1. The maximum absolute atomic E-state index is 11.1. The van der Waals surface area contributed by atoms with Crippen LogP contribution in [0.25, 0.3) is 57.4 Å². The summed E-state index contributed by atoms with van der Waals surface area (Å²) in [6.07, 6.45) is 15.4. The third-order valence-corrected chi connectivity index (χ3v) is 17.1. The van der Waals surface area contributed by atoms with Crippen LogP contribution in [-0.2, 0) is 22.4 Å². The third-order valence-electron chi connectivity index (χ3n) is 11.9. The first-order chi connectivity index (χ1) is 33.1. The van der Waals surface area contributed by atoms with Crippen molar-refractivity contribution in [3.05, 3.63) is 136 Å². The van der Waals surface area contributed by atoms with Crippen molar-refractivity contribution in [3.63, 3.8) is 0 Å². The van der Waals surface area contributed by atoms with E-state index in [-0.39, 0.29) is 12.2 Å². The number of fused-ring (bicyclic) bond motifs is 2. The average molecular weight is 964 g/mol. The van der Waals surface area contributed by atoms with Gasteiger partial charge in [0.25, 0.3) is 6.47 Å². The highest BCUT2D eigenvalue weighted by Crippen LogP contribution is 2.61. The summed E-state index contributed by atoms with van der Waals surface area (Å²) >= 11 is 6.82. The van der Waals surface area contributed by atoms with E-state index in [1.165, 1.54) is 110 Å². The normalized spacial score (nSPS) is 13.0. The zero-order chi connectivity index (χ0) is 46.0. The van der Waals surface area contributed by atoms with Crippen LogP contribution in [0.5, 0.6) is 23.0 Å². The Balaban J connectivity index is 1.11. The zero-order valence-corrected chi connectivity index (χ0v) is 41.2. The molecule has 9 rings (SSSR count). The van der Waals surface area contributed by atoms with Crippen LogP contribution >= 0.6 is 45.3 Å². The molecule has 0 atom stereocenters. The Labute approximate surface area is 409 Å². The number of carbonyl (C=O) groups excluding carboxylic acids is 1. The van der Waals surface area contributed by atoms with E-state index in [0.717, 1.165) is 50.9 Å². The fraction of sp³-hybridized carbons (Fsp3) is 0.286. The monoisotopic (exact) mass is 963 g/mol. The molecule has 0 unspecified atom stereocenters. The summed E-state index contributed by atoms with van der Waals surface area (Å²) in [7, 11) is 0. The van der Waals surface area contributed by atoms with Gasteiger partial charge >= 0.3 is 0 Å². The molecule has 3 aromatic carbocycles. The van der Waals surface area contributed by atoms with Crippen LogP contribution in [-0.4, -0.2) is 32.9 Å². The summed E-state index contributed by atoms with van der Waals surface area (Å²) in [6.45, 7) is 6.42. The van der Waals surface area contributed by atoms with Crippen molar-refractivity contribution in [2.75, 3.05) is 26.4 Å². The van der Waals surface area contributed by atoms with Gasteiger partial charge in [0.15, 0.2) is 23.0 Å². The molecule has 0 bridgehead atoms. The van der Waals surface area contributed by atoms with E-state index in [1.807, 2.05) is 28.7 Å². The molecule has 0 N–H and O–H groups in total. The summed E-state index contributed by atoms with van der Waals surface area (Å²) in [4.78, 5) is 19.6. The van der Waals surface area contributed by atoms with Gasteiger partial charge < -0.3 is 23.7 Å². The summed E-state index contributed by atoms with van der Waals surface area (Å²) in [5, 5.41) is 9.65. The Hall–Kier alpha value is -5.90. The molecule has 342 valence electrons. The number of hydrogen-bond donors (Lipinski definition) is 0. The molecule has 0 amide bonds. The van der Waals surface area contributed by atoms with Gasteiger partial charge in [-0.3, -0.25) is 4.79 Å². The fourth-order valence-electron chi connectivity index (χ4n) is 8.60. The van der Waals surface area contributed by atoms with Crippen LogP contribution in [0.4, 0.5) is 0 Å². The van der Waals surface area contributed by atoms with Gasteiger partial charge in [0.1, 0.15) is 32.5 Å². The first kappa shape index (κ1) is 46.2. The maximum Gasteiger partial charge on any atom is 0.299 e. The number of hydrogen-bond acceptors (Lipinski definition) is 11. The number of nitriles is 1. The highest BCUT2D eigenvalue weighted by atomic mass is 32.1. The van der Waals surface area contributed by atoms with Crippen LogP contribution in [0.3, 0.4) is 0 Å². The first-order valence-electron chi connectivity index (χ1n) is 23.3. The second kappa shape index (κ2) is 22.3. The molecular weight excluding hydrogens is 911 g/mol. The number of aryl methyl sites for hydroxylation is 2. The molecule has 7 aromatic rings. The second-order valence-corrected chi connectivity index (χ2v) is 20.7. The standard InChI is InChI=1S/C56H53NO6S4/c1-3-5-7-11-21-41-32-46(65-52(41)40-25-23-37(24-26-40)31-44(38-17-13-9-14-18-38)39-19-15-10-16-20-39)53-42(22-12-8-6-4-2)33-47(66-53)54-50-51(62-30-29-61-50)56(67-54)55-49-48(59-27-28-60-49)45(64-55)34-43(35-57)63-36-58/h9-10,13-20,23-26,31-34,36H,3-8,11-12,21-22,27-30H2,1-2H3. The lowest BCUT2D eigenvalue weighted by atomic mass is 9.95. The number of thiophene rings is 4. The highest BCUT2D eigenvalue weighted by Gasteiger charge is 2.34. The molecule has 0 saturated heterocycles. The predicted molar refractivity (Wildman–Crippen MR) is 278 cm³/mol. The van der Waals surface area contributed by atoms with Crippen LogP contribution in [0.15, 0.2) is 103 Å². The number of ether oxygens (including phenoxy) is 5. The molecule has 0 spiro atoms.